The van der Waals surface area contributed by atoms with Crippen molar-refractivity contribution in [3.8, 4) is 0 Å². The van der Waals surface area contributed by atoms with E-state index in [0.717, 1.165) is 32.3 Å². The lowest BCUT2D eigenvalue weighted by molar-refractivity contribution is -0.153. The van der Waals surface area contributed by atoms with Crippen molar-refractivity contribution >= 4 is 0 Å². The monoisotopic (exact) mass is 226 g/mol. The molecule has 0 N–H and O–H groups in total. The fraction of sp³-hybridized carbons (Fsp3) is 1.00. The zero-order valence-corrected chi connectivity index (χ0v) is 10.1. The third-order valence-corrected chi connectivity index (χ3v) is 4.44. The van der Waals surface area contributed by atoms with Crippen molar-refractivity contribution < 1.29 is 14.2 Å². The lowest BCUT2D eigenvalue weighted by atomic mass is 9.84. The van der Waals surface area contributed by atoms with Crippen molar-refractivity contribution in [2.75, 3.05) is 26.4 Å². The number of hydrogen-bond donors (Lipinski definition) is 0. The first kappa shape index (κ1) is 11.0. The maximum Gasteiger partial charge on any atom is 0.0845 e. The highest BCUT2D eigenvalue weighted by molar-refractivity contribution is 4.92. The van der Waals surface area contributed by atoms with Crippen LogP contribution in [0.3, 0.4) is 0 Å². The smallest absolute Gasteiger partial charge is 0.0845 e. The number of hydrogen-bond acceptors (Lipinski definition) is 3. The van der Waals surface area contributed by atoms with Crippen molar-refractivity contribution in [2.24, 2.45) is 11.3 Å². The zero-order chi connectivity index (χ0) is 11.0. The molecule has 0 spiro atoms. The highest BCUT2D eigenvalue weighted by Crippen LogP contribution is 2.39. The summed E-state index contributed by atoms with van der Waals surface area (Å²) in [7, 11) is 0. The highest BCUT2D eigenvalue weighted by atomic mass is 16.6. The Morgan fingerprint density at radius 3 is 2.75 bits per heavy atom. The summed E-state index contributed by atoms with van der Waals surface area (Å²) in [6.07, 6.45) is 6.12. The van der Waals surface area contributed by atoms with Crippen LogP contribution in [-0.2, 0) is 14.2 Å². The molecule has 92 valence electrons. The van der Waals surface area contributed by atoms with Crippen molar-refractivity contribution in [1.29, 1.82) is 0 Å². The van der Waals surface area contributed by atoms with E-state index in [2.05, 4.69) is 6.92 Å². The van der Waals surface area contributed by atoms with Crippen LogP contribution in [0.2, 0.25) is 0 Å². The second-order valence-electron chi connectivity index (χ2n) is 5.75. The first-order valence-corrected chi connectivity index (χ1v) is 6.62. The minimum absolute atomic E-state index is 0.341. The lowest BCUT2D eigenvalue weighted by Crippen LogP contribution is -2.46. The van der Waals surface area contributed by atoms with Crippen LogP contribution < -0.4 is 0 Å². The molecule has 3 rings (SSSR count). The molecule has 2 heterocycles. The number of epoxide rings is 1. The van der Waals surface area contributed by atoms with Gasteiger partial charge in [0.2, 0.25) is 0 Å². The van der Waals surface area contributed by atoms with Crippen LogP contribution in [0.1, 0.15) is 32.6 Å². The molecule has 1 aliphatic carbocycles. The van der Waals surface area contributed by atoms with E-state index in [4.69, 9.17) is 14.2 Å². The predicted octanol–water partition coefficient (Wildman–Crippen LogP) is 2.00. The fourth-order valence-corrected chi connectivity index (χ4v) is 2.86. The molecule has 3 unspecified atom stereocenters. The van der Waals surface area contributed by atoms with Gasteiger partial charge in [-0.25, -0.2) is 0 Å². The first-order chi connectivity index (χ1) is 7.81. The summed E-state index contributed by atoms with van der Waals surface area (Å²) in [5, 5.41) is 0. The Bertz CT molecular complexity index is 244. The standard InChI is InChI=1S/C13H22O3/c1-2-13(8-15-9-13)7-14-6-10-3-4-11-12(5-10)16-11/h10-12H,2-9H2,1H3. The van der Waals surface area contributed by atoms with Gasteiger partial charge in [0.1, 0.15) is 0 Å². The summed E-state index contributed by atoms with van der Waals surface area (Å²) in [6, 6.07) is 0. The van der Waals surface area contributed by atoms with Gasteiger partial charge in [-0.2, -0.15) is 0 Å². The number of fused-ring (bicyclic) bond motifs is 1. The second kappa shape index (κ2) is 4.28. The van der Waals surface area contributed by atoms with Crippen LogP contribution in [0.4, 0.5) is 0 Å². The van der Waals surface area contributed by atoms with Gasteiger partial charge in [-0.15, -0.1) is 0 Å². The molecular formula is C13H22O3. The van der Waals surface area contributed by atoms with Gasteiger partial charge in [-0.1, -0.05) is 6.92 Å². The van der Waals surface area contributed by atoms with Gasteiger partial charge in [0.15, 0.2) is 0 Å². The molecule has 1 saturated carbocycles. The van der Waals surface area contributed by atoms with E-state index in [-0.39, 0.29) is 0 Å². The molecule has 3 aliphatic rings. The minimum Gasteiger partial charge on any atom is -0.380 e. The first-order valence-electron chi connectivity index (χ1n) is 6.62. The van der Waals surface area contributed by atoms with Gasteiger partial charge < -0.3 is 14.2 Å². The quantitative estimate of drug-likeness (QED) is 0.672. The zero-order valence-electron chi connectivity index (χ0n) is 10.1. The number of ether oxygens (including phenoxy) is 3. The molecule has 0 amide bonds. The molecule has 0 bridgehead atoms. The molecular weight excluding hydrogens is 204 g/mol. The molecule has 2 aliphatic heterocycles. The van der Waals surface area contributed by atoms with Crippen LogP contribution in [0.25, 0.3) is 0 Å². The Morgan fingerprint density at radius 1 is 1.25 bits per heavy atom. The van der Waals surface area contributed by atoms with Gasteiger partial charge in [0.05, 0.1) is 32.0 Å². The third-order valence-electron chi connectivity index (χ3n) is 4.44. The average Bonchev–Trinajstić information content (AvgIpc) is 3.00. The highest BCUT2D eigenvalue weighted by Gasteiger charge is 2.44. The molecule has 3 atom stereocenters. The van der Waals surface area contributed by atoms with Crippen LogP contribution in [-0.4, -0.2) is 38.6 Å². The summed E-state index contributed by atoms with van der Waals surface area (Å²) >= 11 is 0. The molecule has 3 fully saturated rings. The van der Waals surface area contributed by atoms with Gasteiger partial charge in [-0.3, -0.25) is 0 Å². The van der Waals surface area contributed by atoms with Crippen molar-refractivity contribution in [1.82, 2.24) is 0 Å². The Kier molecular flexibility index (Phi) is 2.94. The Hall–Kier alpha value is -0.120. The minimum atomic E-state index is 0.341. The summed E-state index contributed by atoms with van der Waals surface area (Å²) in [5.74, 6) is 0.735. The van der Waals surface area contributed by atoms with E-state index in [0.29, 0.717) is 17.6 Å². The molecule has 3 heteroatoms. The fourth-order valence-electron chi connectivity index (χ4n) is 2.86. The Balaban J connectivity index is 1.36. The summed E-state index contributed by atoms with van der Waals surface area (Å²) in [4.78, 5) is 0. The summed E-state index contributed by atoms with van der Waals surface area (Å²) < 4.78 is 16.7. The van der Waals surface area contributed by atoms with E-state index < -0.39 is 0 Å². The van der Waals surface area contributed by atoms with Gasteiger partial charge in [0, 0.05) is 12.0 Å². The van der Waals surface area contributed by atoms with Crippen molar-refractivity contribution in [2.45, 2.75) is 44.8 Å². The van der Waals surface area contributed by atoms with E-state index in [9.17, 15) is 0 Å². The second-order valence-corrected chi connectivity index (χ2v) is 5.75. The SMILES string of the molecule is CCC1(COCC2CCC3OC3C2)COC1. The topological polar surface area (TPSA) is 31.0 Å². The Labute approximate surface area is 97.4 Å². The van der Waals surface area contributed by atoms with Crippen molar-refractivity contribution in [3.63, 3.8) is 0 Å². The van der Waals surface area contributed by atoms with Crippen LogP contribution in [0, 0.1) is 11.3 Å². The molecule has 0 radical (unpaired) electrons. The van der Waals surface area contributed by atoms with Crippen molar-refractivity contribution in [3.05, 3.63) is 0 Å². The van der Waals surface area contributed by atoms with E-state index >= 15 is 0 Å². The van der Waals surface area contributed by atoms with Crippen LogP contribution >= 0.6 is 0 Å². The Morgan fingerprint density at radius 2 is 2.12 bits per heavy atom. The van der Waals surface area contributed by atoms with Gasteiger partial charge >= 0.3 is 0 Å². The molecule has 2 saturated heterocycles. The summed E-state index contributed by atoms with van der Waals surface area (Å²) in [6.45, 7) is 5.82. The average molecular weight is 226 g/mol. The van der Waals surface area contributed by atoms with E-state index in [1.807, 2.05) is 0 Å². The van der Waals surface area contributed by atoms with Crippen LogP contribution in [0.15, 0.2) is 0 Å². The largest absolute Gasteiger partial charge is 0.380 e. The summed E-state index contributed by atoms with van der Waals surface area (Å²) in [5.41, 5.74) is 0.341. The van der Waals surface area contributed by atoms with E-state index in [1.54, 1.807) is 0 Å². The van der Waals surface area contributed by atoms with Crippen LogP contribution in [0.5, 0.6) is 0 Å². The van der Waals surface area contributed by atoms with Gasteiger partial charge in [0.25, 0.3) is 0 Å². The molecule has 0 aromatic carbocycles. The predicted molar refractivity (Wildman–Crippen MR) is 60.4 cm³/mol. The maximum atomic E-state index is 5.90. The third kappa shape index (κ3) is 2.13. The normalized spacial score (nSPS) is 39.9. The van der Waals surface area contributed by atoms with E-state index in [1.165, 1.54) is 25.7 Å². The maximum absolute atomic E-state index is 5.90. The molecule has 16 heavy (non-hydrogen) atoms. The molecule has 0 aromatic rings. The van der Waals surface area contributed by atoms with Gasteiger partial charge in [-0.05, 0) is 31.6 Å². The molecule has 0 aromatic heterocycles. The number of rotatable bonds is 5. The molecule has 3 nitrogen and oxygen atoms in total. The lowest BCUT2D eigenvalue weighted by Gasteiger charge is -2.40.